The number of anilines is 2. The van der Waals surface area contributed by atoms with E-state index >= 15 is 8.78 Å². The number of nitrogens with one attached hydrogen (secondary N) is 1. The molecule has 6 rings (SSSR count). The summed E-state index contributed by atoms with van der Waals surface area (Å²) in [5.41, 5.74) is 9.18. The molecule has 0 amide bonds. The molecule has 19 nitrogen and oxygen atoms in total. The van der Waals surface area contributed by atoms with Crippen LogP contribution in [0.3, 0.4) is 0 Å². The van der Waals surface area contributed by atoms with Crippen molar-refractivity contribution >= 4 is 52.6 Å². The number of halogens is 2. The number of aromatic nitrogens is 8. The number of fused-ring (bicyclic) bond motifs is 2. The molecule has 0 aliphatic carbocycles. The lowest BCUT2D eigenvalue weighted by Crippen LogP contribution is -2.45. The molecule has 2 aliphatic rings. The van der Waals surface area contributed by atoms with Gasteiger partial charge >= 0.3 is 12.6 Å². The molecule has 6 heterocycles. The first-order chi connectivity index (χ1) is 21.2. The summed E-state index contributed by atoms with van der Waals surface area (Å²) in [5.74, 6) is -4.16. The molecule has 8 atom stereocenters. The number of rotatable bonds is 9. The number of methoxy groups -OCH3 is 1. The topological polar surface area (TPSA) is 266 Å². The van der Waals surface area contributed by atoms with E-state index in [0.717, 1.165) is 10.9 Å². The Morgan fingerprint density at radius 2 is 1.84 bits per heavy atom. The van der Waals surface area contributed by atoms with Crippen molar-refractivity contribution < 1.29 is 47.1 Å². The van der Waals surface area contributed by atoms with Crippen LogP contribution in [0.1, 0.15) is 19.4 Å². The van der Waals surface area contributed by atoms with Gasteiger partial charge in [0, 0.05) is 7.11 Å². The first kappa shape index (κ1) is 31.7. The van der Waals surface area contributed by atoms with Crippen LogP contribution < -0.4 is 17.0 Å². The number of aliphatic hydroxyl groups is 2. The number of imidazole rings is 2. The van der Waals surface area contributed by atoms with E-state index in [1.165, 1.54) is 31.3 Å². The summed E-state index contributed by atoms with van der Waals surface area (Å²) >= 11 is 5.09. The highest BCUT2D eigenvalue weighted by atomic mass is 32.5. The molecule has 0 saturated carbocycles. The minimum atomic E-state index is -4.60. The summed E-state index contributed by atoms with van der Waals surface area (Å²) in [4.78, 5) is 45.5. The summed E-state index contributed by atoms with van der Waals surface area (Å²) < 4.78 is 61.1. The van der Waals surface area contributed by atoms with Crippen molar-refractivity contribution in [3.63, 3.8) is 0 Å². The van der Waals surface area contributed by atoms with Crippen molar-refractivity contribution in [2.45, 2.75) is 55.3 Å². The largest absolute Gasteiger partial charge is 0.393 e. The SMILES string of the molecule is CO[C@H]1[C@H](n2cnc3c(N)ncnc32)O[C@](C)(COP(O)(=S)O[C@H]2[C@H](n3cnc4c(=O)[nH]c(N)nc43)O[C@H](CO)C2(F)F)[C@H]1O. The summed E-state index contributed by atoms with van der Waals surface area (Å²) in [6.45, 7) is -4.97. The van der Waals surface area contributed by atoms with Crippen LogP contribution in [0.15, 0.2) is 23.8 Å². The van der Waals surface area contributed by atoms with Gasteiger partial charge in [0.15, 0.2) is 41.2 Å². The van der Waals surface area contributed by atoms with Crippen LogP contribution in [0.25, 0.3) is 22.3 Å². The lowest BCUT2D eigenvalue weighted by atomic mass is 9.98. The third-order valence-electron chi connectivity index (χ3n) is 7.56. The predicted octanol–water partition coefficient (Wildman–Crippen LogP) is -1.07. The molecule has 2 saturated heterocycles. The van der Waals surface area contributed by atoms with Gasteiger partial charge in [0.25, 0.3) is 5.56 Å². The highest BCUT2D eigenvalue weighted by Gasteiger charge is 2.62. The Morgan fingerprint density at radius 3 is 2.53 bits per heavy atom. The van der Waals surface area contributed by atoms with E-state index in [1.807, 2.05) is 0 Å². The monoisotopic (exact) mass is 676 g/mol. The number of aromatic amines is 1. The Kier molecular flexibility index (Phi) is 7.87. The van der Waals surface area contributed by atoms with Crippen LogP contribution in [0.2, 0.25) is 0 Å². The summed E-state index contributed by atoms with van der Waals surface area (Å²) in [7, 11) is 1.33. The zero-order valence-electron chi connectivity index (χ0n) is 23.3. The minimum absolute atomic E-state index is 0.111. The van der Waals surface area contributed by atoms with Crippen molar-refractivity contribution in [3.8, 4) is 0 Å². The molecule has 2 fully saturated rings. The van der Waals surface area contributed by atoms with Gasteiger partial charge in [-0.15, -0.1) is 0 Å². The number of ether oxygens (including phenoxy) is 3. The Hall–Kier alpha value is -3.31. The highest BCUT2D eigenvalue weighted by Crippen LogP contribution is 2.55. The fourth-order valence-corrected chi connectivity index (χ4v) is 6.72. The molecule has 23 heteroatoms. The van der Waals surface area contributed by atoms with E-state index in [1.54, 1.807) is 0 Å². The van der Waals surface area contributed by atoms with E-state index in [-0.39, 0.29) is 34.1 Å². The van der Waals surface area contributed by atoms with Gasteiger partial charge in [0.2, 0.25) is 5.95 Å². The number of hydrogen-bond acceptors (Lipinski definition) is 16. The standard InChI is InChI=1S/C22H27F2N10O9PS/c1-21(12(36)11(39-2)18(42-21)33-6-29-9-14(25)27-5-28-15(9)33)4-40-44(38,45)43-13-19(41-8(3-35)22(13,23)24)34-7-30-10-16(34)31-20(26)32-17(10)37/h5-8,11-13,18-19,35-36H,3-4H2,1-2H3,(H,38,45)(H2,25,27,28)(H3,26,31,32,37)/t8-,11-,12+,13+,18-,19-,21-,44?/m1/s1. The second-order valence-corrected chi connectivity index (χ2v) is 13.3. The van der Waals surface area contributed by atoms with Crippen molar-refractivity contribution in [1.29, 1.82) is 0 Å². The Morgan fingerprint density at radius 1 is 1.16 bits per heavy atom. The van der Waals surface area contributed by atoms with Gasteiger partial charge in [-0.2, -0.15) is 4.98 Å². The fourth-order valence-electron chi connectivity index (χ4n) is 5.27. The average molecular weight is 677 g/mol. The van der Waals surface area contributed by atoms with Crippen LogP contribution in [-0.2, 0) is 35.1 Å². The quantitative estimate of drug-likeness (QED) is 0.115. The number of nitrogens with two attached hydrogens (primary N) is 2. The molecule has 244 valence electrons. The van der Waals surface area contributed by atoms with E-state index in [2.05, 4.69) is 29.9 Å². The van der Waals surface area contributed by atoms with Crippen LogP contribution >= 0.6 is 6.72 Å². The maximum absolute atomic E-state index is 15.5. The molecule has 45 heavy (non-hydrogen) atoms. The molecule has 4 aromatic heterocycles. The molecule has 0 spiro atoms. The molecule has 2 aliphatic heterocycles. The van der Waals surface area contributed by atoms with Crippen LogP contribution in [-0.4, -0.2) is 110 Å². The molecule has 4 aromatic rings. The second kappa shape index (κ2) is 11.2. The van der Waals surface area contributed by atoms with Gasteiger partial charge in [-0.05, 0) is 18.7 Å². The predicted molar refractivity (Wildman–Crippen MR) is 151 cm³/mol. The first-order valence-electron chi connectivity index (χ1n) is 13.0. The summed E-state index contributed by atoms with van der Waals surface area (Å²) in [6.07, 6.45) is -6.17. The fraction of sp³-hybridized carbons (Fsp3) is 0.545. The van der Waals surface area contributed by atoms with Gasteiger partial charge in [-0.1, -0.05) is 0 Å². The van der Waals surface area contributed by atoms with Crippen molar-refractivity contribution in [3.05, 3.63) is 29.3 Å². The molecule has 0 radical (unpaired) electrons. The van der Waals surface area contributed by atoms with Crippen molar-refractivity contribution in [1.82, 2.24) is 39.0 Å². The molecule has 0 aromatic carbocycles. The number of nitrogens with zero attached hydrogens (tertiary/aromatic N) is 7. The average Bonchev–Trinajstić information content (AvgIpc) is 3.71. The zero-order chi connectivity index (χ0) is 32.5. The van der Waals surface area contributed by atoms with Crippen molar-refractivity contribution in [2.75, 3.05) is 31.8 Å². The van der Waals surface area contributed by atoms with E-state index in [4.69, 9.17) is 46.5 Å². The number of nitrogen functional groups attached to an aromatic ring is 2. The van der Waals surface area contributed by atoms with E-state index in [9.17, 15) is 19.9 Å². The van der Waals surface area contributed by atoms with Crippen molar-refractivity contribution in [2.24, 2.45) is 0 Å². The lowest BCUT2D eigenvalue weighted by molar-refractivity contribution is -0.126. The Bertz CT molecular complexity index is 1860. The number of aliphatic hydroxyl groups excluding tert-OH is 2. The molecule has 1 unspecified atom stereocenters. The van der Waals surface area contributed by atoms with Gasteiger partial charge in [0.1, 0.15) is 35.8 Å². The van der Waals surface area contributed by atoms with Gasteiger partial charge in [0.05, 0.1) is 25.9 Å². The van der Waals surface area contributed by atoms with E-state index in [0.29, 0.717) is 0 Å². The van der Waals surface area contributed by atoms with Crippen LogP contribution in [0.5, 0.6) is 0 Å². The molecule has 8 N–H and O–H groups in total. The van der Waals surface area contributed by atoms with Gasteiger partial charge in [-0.3, -0.25) is 23.4 Å². The first-order valence-corrected chi connectivity index (χ1v) is 15.6. The normalized spacial score (nSPS) is 31.2. The summed E-state index contributed by atoms with van der Waals surface area (Å²) in [5, 5.41) is 20.8. The Balaban J connectivity index is 1.25. The van der Waals surface area contributed by atoms with Gasteiger partial charge in [-0.25, -0.2) is 28.7 Å². The third kappa shape index (κ3) is 5.25. The van der Waals surface area contributed by atoms with Crippen LogP contribution in [0, 0.1) is 0 Å². The molecular formula is C22H27F2N10O9PS. The molecular weight excluding hydrogens is 649 g/mol. The second-order valence-electron chi connectivity index (χ2n) is 10.5. The maximum atomic E-state index is 15.5. The van der Waals surface area contributed by atoms with Gasteiger partial charge < -0.3 is 45.3 Å². The maximum Gasteiger partial charge on any atom is 0.325 e. The van der Waals surface area contributed by atoms with E-state index < -0.39 is 73.9 Å². The minimum Gasteiger partial charge on any atom is -0.393 e. The number of H-pyrrole nitrogens is 1. The molecule has 0 bridgehead atoms. The number of alkyl halides is 2. The van der Waals surface area contributed by atoms with Crippen LogP contribution in [0.4, 0.5) is 20.5 Å². The lowest BCUT2D eigenvalue weighted by Gasteiger charge is -2.31. The zero-order valence-corrected chi connectivity index (χ0v) is 25.0. The highest BCUT2D eigenvalue weighted by molar-refractivity contribution is 8.07. The smallest absolute Gasteiger partial charge is 0.325 e. The Labute approximate surface area is 255 Å². The third-order valence-corrected chi connectivity index (χ3v) is 9.09. The summed E-state index contributed by atoms with van der Waals surface area (Å²) in [6, 6.07) is 0. The number of hydrogen-bond donors (Lipinski definition) is 6.